The van der Waals surface area contributed by atoms with Crippen molar-refractivity contribution < 1.29 is 39.2 Å². The first-order valence-corrected chi connectivity index (χ1v) is 11.9. The van der Waals surface area contributed by atoms with Crippen LogP contribution in [0.1, 0.15) is 39.2 Å². The van der Waals surface area contributed by atoms with Crippen molar-refractivity contribution in [2.45, 2.75) is 13.8 Å². The first-order valence-electron chi connectivity index (χ1n) is 11.1. The van der Waals surface area contributed by atoms with E-state index in [-0.39, 0.29) is 27.7 Å². The molecule has 0 radical (unpaired) electrons. The molecule has 10 nitrogen and oxygen atoms in total. The molecule has 0 aliphatic carbocycles. The van der Waals surface area contributed by atoms with Crippen molar-refractivity contribution in [1.82, 2.24) is 9.55 Å². The highest BCUT2D eigenvalue weighted by Gasteiger charge is 2.33. The maximum atomic E-state index is 13.5. The van der Waals surface area contributed by atoms with Crippen LogP contribution in [-0.4, -0.2) is 48.3 Å². The summed E-state index contributed by atoms with van der Waals surface area (Å²) in [6.07, 6.45) is 0. The van der Waals surface area contributed by atoms with Gasteiger partial charge in [0.15, 0.2) is 16.6 Å². The maximum absolute atomic E-state index is 13.5. The number of rotatable bonds is 7. The number of aromatic nitrogens is 2. The molecule has 0 bridgehead atoms. The highest BCUT2D eigenvalue weighted by atomic mass is 32.1. The van der Waals surface area contributed by atoms with Crippen LogP contribution in [0.4, 0.5) is 0 Å². The molecule has 0 saturated carbocycles. The lowest BCUT2D eigenvalue weighted by molar-refractivity contribution is 0.0693. The van der Waals surface area contributed by atoms with Crippen LogP contribution in [0.25, 0.3) is 26.6 Å². The molecule has 0 unspecified atom stereocenters. The minimum atomic E-state index is -1.40. The quantitative estimate of drug-likeness (QED) is 0.214. The fourth-order valence-electron chi connectivity index (χ4n) is 4.00. The molecule has 5 rings (SSSR count). The van der Waals surface area contributed by atoms with E-state index in [1.807, 2.05) is 6.92 Å². The van der Waals surface area contributed by atoms with E-state index in [9.17, 15) is 30.0 Å². The zero-order chi connectivity index (χ0) is 26.4. The summed E-state index contributed by atoms with van der Waals surface area (Å²) in [6, 6.07) is 11.9. The number of fused-ring (bicyclic) bond motifs is 1. The highest BCUT2D eigenvalue weighted by Crippen LogP contribution is 2.46. The van der Waals surface area contributed by atoms with Gasteiger partial charge in [-0.3, -0.25) is 9.36 Å². The standard InChI is InChI=1S/C26H20N2O8S/c1-3-35-14-6-7-16-19(11-14)37-26(27-16)28-21(13-5-8-17(29)15(10-13)25(33)34)20(23(31)24(28)32)22(30)18-9-4-12(2)36-18/h4-11,29,31-32H,3H2,1-2H3,(H,33,34). The number of aromatic carboxylic acids is 1. The Morgan fingerprint density at radius 3 is 2.54 bits per heavy atom. The molecule has 3 aromatic heterocycles. The van der Waals surface area contributed by atoms with Crippen molar-refractivity contribution in [3.63, 3.8) is 0 Å². The number of carboxylic acid groups (broad SMARTS) is 1. The second-order valence-electron chi connectivity index (χ2n) is 8.07. The molecule has 188 valence electrons. The van der Waals surface area contributed by atoms with Crippen LogP contribution in [0.15, 0.2) is 52.9 Å². The Balaban J connectivity index is 1.80. The van der Waals surface area contributed by atoms with Gasteiger partial charge in [-0.2, -0.15) is 0 Å². The summed E-state index contributed by atoms with van der Waals surface area (Å²) in [5.74, 6) is -3.03. The van der Waals surface area contributed by atoms with Crippen molar-refractivity contribution in [2.24, 2.45) is 0 Å². The Hall–Kier alpha value is -4.77. The zero-order valence-corrected chi connectivity index (χ0v) is 20.4. The molecule has 37 heavy (non-hydrogen) atoms. The number of carbonyl (C=O) groups is 2. The van der Waals surface area contributed by atoms with Gasteiger partial charge in [0.1, 0.15) is 22.8 Å². The summed E-state index contributed by atoms with van der Waals surface area (Å²) >= 11 is 1.16. The number of furan rings is 1. The predicted molar refractivity (Wildman–Crippen MR) is 134 cm³/mol. The third-order valence-electron chi connectivity index (χ3n) is 5.66. The van der Waals surface area contributed by atoms with E-state index in [1.165, 1.54) is 16.7 Å². The van der Waals surface area contributed by atoms with Crippen molar-refractivity contribution in [2.75, 3.05) is 6.61 Å². The van der Waals surface area contributed by atoms with Crippen LogP contribution < -0.4 is 4.74 Å². The number of nitrogens with zero attached hydrogens (tertiary/aromatic N) is 2. The molecular formula is C26H20N2O8S. The Morgan fingerprint density at radius 2 is 1.86 bits per heavy atom. The molecule has 0 aliphatic rings. The lowest BCUT2D eigenvalue weighted by Crippen LogP contribution is -2.05. The number of carbonyl (C=O) groups excluding carboxylic acids is 1. The monoisotopic (exact) mass is 520 g/mol. The van der Waals surface area contributed by atoms with E-state index in [0.29, 0.717) is 28.3 Å². The number of hydrogen-bond acceptors (Lipinski definition) is 9. The van der Waals surface area contributed by atoms with Crippen LogP contribution in [0.2, 0.25) is 0 Å². The molecule has 2 aromatic carbocycles. The summed E-state index contributed by atoms with van der Waals surface area (Å²) < 4.78 is 12.9. The Bertz CT molecular complexity index is 1690. The number of ketones is 1. The van der Waals surface area contributed by atoms with E-state index in [2.05, 4.69) is 4.98 Å². The molecule has 0 amide bonds. The van der Waals surface area contributed by atoms with Crippen molar-refractivity contribution in [3.05, 3.63) is 71.2 Å². The minimum Gasteiger partial charge on any atom is -0.507 e. The van der Waals surface area contributed by atoms with Gasteiger partial charge >= 0.3 is 5.97 Å². The molecule has 0 saturated heterocycles. The molecule has 0 spiro atoms. The van der Waals surface area contributed by atoms with Gasteiger partial charge in [0.25, 0.3) is 0 Å². The van der Waals surface area contributed by atoms with E-state index >= 15 is 0 Å². The lowest BCUT2D eigenvalue weighted by Gasteiger charge is -2.10. The van der Waals surface area contributed by atoms with Crippen LogP contribution in [-0.2, 0) is 0 Å². The van der Waals surface area contributed by atoms with Gasteiger partial charge < -0.3 is 29.6 Å². The average molecular weight is 521 g/mol. The summed E-state index contributed by atoms with van der Waals surface area (Å²) in [5.41, 5.74) is -0.0638. The molecule has 0 atom stereocenters. The van der Waals surface area contributed by atoms with Gasteiger partial charge in [-0.15, -0.1) is 0 Å². The lowest BCUT2D eigenvalue weighted by atomic mass is 10.0. The molecule has 0 fully saturated rings. The number of aryl methyl sites for hydroxylation is 1. The first kappa shape index (κ1) is 23.9. The molecule has 0 aliphatic heterocycles. The Labute approximate surface area is 213 Å². The van der Waals surface area contributed by atoms with Crippen LogP contribution in [0, 0.1) is 6.92 Å². The number of thiazole rings is 1. The van der Waals surface area contributed by atoms with E-state index in [0.717, 1.165) is 23.5 Å². The first-order chi connectivity index (χ1) is 17.7. The van der Waals surface area contributed by atoms with Crippen molar-refractivity contribution in [3.8, 4) is 39.5 Å². The number of ether oxygens (including phenoxy) is 1. The van der Waals surface area contributed by atoms with Crippen LogP contribution in [0.3, 0.4) is 0 Å². The molecule has 11 heteroatoms. The number of hydrogen-bond donors (Lipinski definition) is 4. The van der Waals surface area contributed by atoms with Gasteiger partial charge in [0.2, 0.25) is 11.7 Å². The number of phenols is 1. The van der Waals surface area contributed by atoms with Gasteiger partial charge in [0, 0.05) is 5.56 Å². The molecule has 3 heterocycles. The zero-order valence-electron chi connectivity index (χ0n) is 19.6. The smallest absolute Gasteiger partial charge is 0.339 e. The summed E-state index contributed by atoms with van der Waals surface area (Å²) in [6.45, 7) is 3.98. The normalized spacial score (nSPS) is 11.2. The fourth-order valence-corrected chi connectivity index (χ4v) is 5.00. The molecular weight excluding hydrogens is 500 g/mol. The van der Waals surface area contributed by atoms with Crippen molar-refractivity contribution in [1.29, 1.82) is 0 Å². The van der Waals surface area contributed by atoms with Gasteiger partial charge in [0.05, 0.1) is 28.1 Å². The predicted octanol–water partition coefficient (Wildman–Crippen LogP) is 5.10. The molecule has 4 N–H and O–H groups in total. The third-order valence-corrected chi connectivity index (χ3v) is 6.67. The third kappa shape index (κ3) is 4.04. The van der Waals surface area contributed by atoms with Gasteiger partial charge in [-0.1, -0.05) is 11.3 Å². The van der Waals surface area contributed by atoms with Gasteiger partial charge in [-0.05, 0) is 62.4 Å². The number of aromatic hydroxyl groups is 3. The number of carboxylic acids is 1. The van der Waals surface area contributed by atoms with Crippen molar-refractivity contribution >= 4 is 33.3 Å². The van der Waals surface area contributed by atoms with Crippen LogP contribution >= 0.6 is 11.3 Å². The maximum Gasteiger partial charge on any atom is 0.339 e. The SMILES string of the molecule is CCOc1ccc2nc(-n3c(O)c(O)c(C(=O)c4ccc(C)o4)c3-c3ccc(O)c(C(=O)O)c3)sc2c1. The largest absolute Gasteiger partial charge is 0.507 e. The summed E-state index contributed by atoms with van der Waals surface area (Å²) in [5, 5.41) is 41.7. The summed E-state index contributed by atoms with van der Waals surface area (Å²) in [4.78, 5) is 29.7. The Morgan fingerprint density at radius 1 is 1.08 bits per heavy atom. The second-order valence-corrected chi connectivity index (χ2v) is 9.08. The topological polar surface area (TPSA) is 155 Å². The Kier molecular flexibility index (Phi) is 5.84. The minimum absolute atomic E-state index is 0.0272. The molecule has 5 aromatic rings. The highest BCUT2D eigenvalue weighted by molar-refractivity contribution is 7.20. The number of benzene rings is 2. The summed E-state index contributed by atoms with van der Waals surface area (Å²) in [7, 11) is 0. The van der Waals surface area contributed by atoms with Crippen LogP contribution in [0.5, 0.6) is 23.1 Å². The second kappa shape index (κ2) is 9.03. The van der Waals surface area contributed by atoms with Gasteiger partial charge in [-0.25, -0.2) is 9.78 Å². The van der Waals surface area contributed by atoms with E-state index in [1.54, 1.807) is 31.2 Å². The van der Waals surface area contributed by atoms with E-state index < -0.39 is 34.7 Å². The average Bonchev–Trinajstić information content (AvgIpc) is 3.55. The van der Waals surface area contributed by atoms with E-state index in [4.69, 9.17) is 9.15 Å². The fraction of sp³-hybridized carbons (Fsp3) is 0.115.